The molecule has 0 fully saturated rings. The van der Waals surface area contributed by atoms with Gasteiger partial charge in [-0.05, 0) is 17.2 Å². The minimum Gasteiger partial charge on any atom is -0.297 e. The van der Waals surface area contributed by atoms with Gasteiger partial charge in [0.2, 0.25) is 0 Å². The van der Waals surface area contributed by atoms with E-state index in [2.05, 4.69) is 72.1 Å². The zero-order valence-corrected chi connectivity index (χ0v) is 10.9. The Kier molecular flexibility index (Phi) is 3.49. The number of rotatable bonds is 2. The summed E-state index contributed by atoms with van der Waals surface area (Å²) >= 11 is 1.86. The highest BCUT2D eigenvalue weighted by atomic mass is 32.2. The fraction of sp³-hybridized carbons (Fsp3) is 0.125. The van der Waals surface area contributed by atoms with Gasteiger partial charge in [0.25, 0.3) is 0 Å². The molecular weight excluding hydrogens is 238 g/mol. The molecule has 1 atom stereocenters. The molecule has 1 nitrogen and oxygen atoms in total. The Morgan fingerprint density at radius 2 is 1.56 bits per heavy atom. The van der Waals surface area contributed by atoms with Crippen LogP contribution in [0.25, 0.3) is 4.91 Å². The minimum absolute atomic E-state index is 0.322. The van der Waals surface area contributed by atoms with E-state index in [-0.39, 0.29) is 0 Å². The molecule has 1 aliphatic heterocycles. The molecule has 0 aromatic heterocycles. The number of hydrogen-bond donors (Lipinski definition) is 1. The summed E-state index contributed by atoms with van der Waals surface area (Å²) in [5.41, 5.74) is 2.64. The maximum absolute atomic E-state index is 3.52. The topological polar surface area (TPSA) is 12.0 Å². The summed E-state index contributed by atoms with van der Waals surface area (Å²) < 4.78 is 0. The van der Waals surface area contributed by atoms with Gasteiger partial charge in [0.15, 0.2) is 0 Å². The van der Waals surface area contributed by atoms with Crippen LogP contribution in [0.2, 0.25) is 0 Å². The van der Waals surface area contributed by atoms with Crippen LogP contribution in [0.15, 0.2) is 66.7 Å². The molecular formula is C16H15NS. The first-order chi connectivity index (χ1) is 8.93. The Balaban J connectivity index is 1.91. The summed E-state index contributed by atoms with van der Waals surface area (Å²) in [6, 6.07) is 21.5. The molecule has 0 aliphatic carbocycles. The van der Waals surface area contributed by atoms with E-state index in [1.807, 2.05) is 11.8 Å². The van der Waals surface area contributed by atoms with E-state index in [0.29, 0.717) is 6.04 Å². The largest absolute Gasteiger partial charge is 0.297 e. The van der Waals surface area contributed by atoms with E-state index in [0.717, 1.165) is 5.88 Å². The van der Waals surface area contributed by atoms with E-state index < -0.39 is 0 Å². The van der Waals surface area contributed by atoms with Crippen molar-refractivity contribution >= 4 is 16.7 Å². The fourth-order valence-electron chi connectivity index (χ4n) is 2.12. The predicted octanol–water partition coefficient (Wildman–Crippen LogP) is 4.06. The monoisotopic (exact) mass is 253 g/mol. The number of benzene rings is 2. The van der Waals surface area contributed by atoms with Crippen molar-refractivity contribution in [2.45, 2.75) is 6.04 Å². The highest BCUT2D eigenvalue weighted by Gasteiger charge is 2.15. The summed E-state index contributed by atoms with van der Waals surface area (Å²) in [7, 11) is 0. The second kappa shape index (κ2) is 5.42. The van der Waals surface area contributed by atoms with Crippen molar-refractivity contribution in [1.82, 2.24) is 5.32 Å². The van der Waals surface area contributed by atoms with Gasteiger partial charge in [0, 0.05) is 10.8 Å². The smallest absolute Gasteiger partial charge is 0.0526 e. The van der Waals surface area contributed by atoms with Crippen molar-refractivity contribution in [2.75, 3.05) is 5.88 Å². The first kappa shape index (κ1) is 11.6. The van der Waals surface area contributed by atoms with Gasteiger partial charge in [0.1, 0.15) is 0 Å². The van der Waals surface area contributed by atoms with Crippen LogP contribution in [-0.2, 0) is 0 Å². The van der Waals surface area contributed by atoms with Crippen molar-refractivity contribution in [2.24, 2.45) is 0 Å². The standard InChI is InChI=1S/C16H15NS/c1-3-7-13(8-4-1)15-11-16(18-12-17-15)14-9-5-2-6-10-14/h1-11,15,17H,12H2. The lowest BCUT2D eigenvalue weighted by atomic mass is 10.1. The second-order valence-electron chi connectivity index (χ2n) is 4.28. The lowest BCUT2D eigenvalue weighted by molar-refractivity contribution is 0.696. The van der Waals surface area contributed by atoms with Crippen LogP contribution < -0.4 is 5.32 Å². The Bertz CT molecular complexity index is 534. The highest BCUT2D eigenvalue weighted by molar-refractivity contribution is 8.08. The Morgan fingerprint density at radius 3 is 2.28 bits per heavy atom. The molecule has 1 heterocycles. The molecule has 2 heteroatoms. The summed E-state index contributed by atoms with van der Waals surface area (Å²) in [5, 5.41) is 3.52. The van der Waals surface area contributed by atoms with E-state index in [1.54, 1.807) is 0 Å². The molecule has 1 unspecified atom stereocenters. The summed E-state index contributed by atoms with van der Waals surface area (Å²) in [5.74, 6) is 0.959. The van der Waals surface area contributed by atoms with E-state index in [9.17, 15) is 0 Å². The third-order valence-corrected chi connectivity index (χ3v) is 4.06. The van der Waals surface area contributed by atoms with Crippen molar-refractivity contribution in [1.29, 1.82) is 0 Å². The quantitative estimate of drug-likeness (QED) is 0.866. The van der Waals surface area contributed by atoms with Crippen molar-refractivity contribution in [3.05, 3.63) is 77.9 Å². The van der Waals surface area contributed by atoms with Crippen LogP contribution in [0.1, 0.15) is 17.2 Å². The number of thioether (sulfide) groups is 1. The molecule has 90 valence electrons. The van der Waals surface area contributed by atoms with Crippen LogP contribution in [0.3, 0.4) is 0 Å². The Morgan fingerprint density at radius 1 is 0.889 bits per heavy atom. The van der Waals surface area contributed by atoms with Gasteiger partial charge in [-0.1, -0.05) is 60.7 Å². The maximum Gasteiger partial charge on any atom is 0.0526 e. The van der Waals surface area contributed by atoms with Crippen LogP contribution in [0.5, 0.6) is 0 Å². The van der Waals surface area contributed by atoms with E-state index >= 15 is 0 Å². The van der Waals surface area contributed by atoms with Gasteiger partial charge in [-0.25, -0.2) is 0 Å². The number of nitrogens with one attached hydrogen (secondary N) is 1. The molecule has 1 N–H and O–H groups in total. The molecule has 18 heavy (non-hydrogen) atoms. The van der Waals surface area contributed by atoms with Gasteiger partial charge in [0.05, 0.1) is 6.04 Å². The van der Waals surface area contributed by atoms with E-state index in [4.69, 9.17) is 0 Å². The first-order valence-corrected chi connectivity index (χ1v) is 7.10. The average molecular weight is 253 g/mol. The third-order valence-electron chi connectivity index (χ3n) is 3.07. The lowest BCUT2D eigenvalue weighted by Crippen LogP contribution is -2.22. The van der Waals surface area contributed by atoms with Crippen LogP contribution in [0.4, 0.5) is 0 Å². The molecule has 0 radical (unpaired) electrons. The normalized spacial score (nSPS) is 19.3. The summed E-state index contributed by atoms with van der Waals surface area (Å²) in [4.78, 5) is 1.36. The van der Waals surface area contributed by atoms with Crippen molar-refractivity contribution < 1.29 is 0 Å². The van der Waals surface area contributed by atoms with Crippen LogP contribution in [-0.4, -0.2) is 5.88 Å². The molecule has 0 spiro atoms. The molecule has 0 bridgehead atoms. The van der Waals surface area contributed by atoms with Crippen molar-refractivity contribution in [3.8, 4) is 0 Å². The molecule has 2 aromatic carbocycles. The highest BCUT2D eigenvalue weighted by Crippen LogP contribution is 2.33. The van der Waals surface area contributed by atoms with Gasteiger partial charge in [-0.15, -0.1) is 11.8 Å². The van der Waals surface area contributed by atoms with Gasteiger partial charge < -0.3 is 0 Å². The molecule has 0 saturated carbocycles. The molecule has 0 amide bonds. The summed E-state index contributed by atoms with van der Waals surface area (Å²) in [6.07, 6.45) is 2.32. The zero-order chi connectivity index (χ0) is 12.2. The van der Waals surface area contributed by atoms with Crippen LogP contribution in [0, 0.1) is 0 Å². The first-order valence-electron chi connectivity index (χ1n) is 6.12. The van der Waals surface area contributed by atoms with Gasteiger partial charge in [-0.3, -0.25) is 5.32 Å². The van der Waals surface area contributed by atoms with Gasteiger partial charge >= 0.3 is 0 Å². The van der Waals surface area contributed by atoms with Crippen LogP contribution >= 0.6 is 11.8 Å². The fourth-order valence-corrected chi connectivity index (χ4v) is 3.08. The Hall–Kier alpha value is -1.51. The zero-order valence-electron chi connectivity index (χ0n) is 10.0. The van der Waals surface area contributed by atoms with Gasteiger partial charge in [-0.2, -0.15) is 0 Å². The molecule has 1 aliphatic rings. The maximum atomic E-state index is 3.52. The van der Waals surface area contributed by atoms with Crippen molar-refractivity contribution in [3.63, 3.8) is 0 Å². The third kappa shape index (κ3) is 2.50. The van der Waals surface area contributed by atoms with E-state index in [1.165, 1.54) is 16.0 Å². The minimum atomic E-state index is 0.322. The molecule has 2 aromatic rings. The Labute approximate surface area is 112 Å². The SMILES string of the molecule is C1=C(c2ccccc2)SCNC1c1ccccc1. The predicted molar refractivity (Wildman–Crippen MR) is 79.2 cm³/mol. The second-order valence-corrected chi connectivity index (χ2v) is 5.30. The summed E-state index contributed by atoms with van der Waals surface area (Å²) in [6.45, 7) is 0. The average Bonchev–Trinajstić information content (AvgIpc) is 2.49. The lowest BCUT2D eigenvalue weighted by Gasteiger charge is -2.23. The molecule has 3 rings (SSSR count). The number of hydrogen-bond acceptors (Lipinski definition) is 2. The molecule has 0 saturated heterocycles.